The van der Waals surface area contributed by atoms with Crippen molar-refractivity contribution in [3.05, 3.63) is 41.8 Å². The molecule has 2 aromatic rings. The molecule has 7 heteroatoms. The van der Waals surface area contributed by atoms with Crippen LogP contribution in [0.3, 0.4) is 0 Å². The molecule has 0 bridgehead atoms. The quantitative estimate of drug-likeness (QED) is 0.836. The summed E-state index contributed by atoms with van der Waals surface area (Å²) in [6.07, 6.45) is 0. The van der Waals surface area contributed by atoms with Crippen LogP contribution >= 0.6 is 0 Å². The number of hydrogen-bond donors (Lipinski definition) is 1. The van der Waals surface area contributed by atoms with Crippen LogP contribution in [-0.4, -0.2) is 39.8 Å². The van der Waals surface area contributed by atoms with Crippen LogP contribution in [0.25, 0.3) is 0 Å². The van der Waals surface area contributed by atoms with Crippen molar-refractivity contribution in [1.82, 2.24) is 15.0 Å². The van der Waals surface area contributed by atoms with Crippen molar-refractivity contribution in [2.75, 3.05) is 13.7 Å². The Bertz CT molecular complexity index is 559. The summed E-state index contributed by atoms with van der Waals surface area (Å²) in [5.41, 5.74) is 0. The third-order valence-corrected chi connectivity index (χ3v) is 3.09. The number of aromatic nitrogens is 2. The van der Waals surface area contributed by atoms with E-state index in [9.17, 15) is 4.39 Å². The van der Waals surface area contributed by atoms with Crippen LogP contribution < -0.4 is 4.74 Å². The van der Waals surface area contributed by atoms with Crippen molar-refractivity contribution in [2.24, 2.45) is 0 Å². The number of aliphatic hydroxyl groups is 1. The predicted molar refractivity (Wildman–Crippen MR) is 73.0 cm³/mol. The Morgan fingerprint density at radius 1 is 1.38 bits per heavy atom. The van der Waals surface area contributed by atoms with Crippen LogP contribution in [0.15, 0.2) is 28.8 Å². The van der Waals surface area contributed by atoms with Crippen LogP contribution in [0.5, 0.6) is 5.75 Å². The summed E-state index contributed by atoms with van der Waals surface area (Å²) < 4.78 is 23.3. The van der Waals surface area contributed by atoms with Crippen LogP contribution in [0, 0.1) is 5.82 Å². The van der Waals surface area contributed by atoms with Gasteiger partial charge in [0.1, 0.15) is 11.6 Å². The van der Waals surface area contributed by atoms with Gasteiger partial charge in [0, 0.05) is 6.04 Å². The zero-order valence-electron chi connectivity index (χ0n) is 12.0. The van der Waals surface area contributed by atoms with E-state index in [1.165, 1.54) is 24.3 Å². The summed E-state index contributed by atoms with van der Waals surface area (Å²) in [5, 5.41) is 12.9. The number of rotatable bonds is 7. The van der Waals surface area contributed by atoms with Crippen molar-refractivity contribution in [3.8, 4) is 5.75 Å². The first-order valence-electron chi connectivity index (χ1n) is 6.59. The molecular weight excluding hydrogens is 277 g/mol. The Hall–Kier alpha value is -1.99. The molecular formula is C14H18FN3O3. The Labute approximate surface area is 122 Å². The second-order valence-corrected chi connectivity index (χ2v) is 4.79. The molecule has 0 radical (unpaired) electrons. The monoisotopic (exact) mass is 295 g/mol. The lowest BCUT2D eigenvalue weighted by atomic mass is 10.3. The summed E-state index contributed by atoms with van der Waals surface area (Å²) in [5.74, 6) is 1.09. The molecule has 0 amide bonds. The molecule has 114 valence electrons. The Kier molecular flexibility index (Phi) is 5.24. The molecule has 1 aromatic carbocycles. The molecule has 6 nitrogen and oxygen atoms in total. The maximum Gasteiger partial charge on any atom is 0.240 e. The lowest BCUT2D eigenvalue weighted by molar-refractivity contribution is 0.141. The summed E-state index contributed by atoms with van der Waals surface area (Å²) in [6.45, 7) is 2.56. The largest absolute Gasteiger partial charge is 0.485 e. The molecule has 0 fully saturated rings. The topological polar surface area (TPSA) is 71.6 Å². The second kappa shape index (κ2) is 7.14. The highest BCUT2D eigenvalue weighted by Gasteiger charge is 2.13. The third kappa shape index (κ3) is 4.51. The number of aliphatic hydroxyl groups excluding tert-OH is 1. The molecule has 1 aromatic heterocycles. The fourth-order valence-corrected chi connectivity index (χ4v) is 1.60. The summed E-state index contributed by atoms with van der Waals surface area (Å²) in [7, 11) is 1.86. The summed E-state index contributed by atoms with van der Waals surface area (Å²) in [6, 6.07) is 5.72. The first kappa shape index (κ1) is 15.4. The fourth-order valence-electron chi connectivity index (χ4n) is 1.60. The van der Waals surface area contributed by atoms with Gasteiger partial charge in [-0.3, -0.25) is 4.90 Å². The van der Waals surface area contributed by atoms with E-state index in [4.69, 9.17) is 14.4 Å². The number of nitrogens with zero attached hydrogens (tertiary/aromatic N) is 3. The molecule has 1 unspecified atom stereocenters. The van der Waals surface area contributed by atoms with Crippen molar-refractivity contribution < 1.29 is 18.8 Å². The molecule has 1 N–H and O–H groups in total. The minimum absolute atomic E-state index is 0.0100. The first-order valence-corrected chi connectivity index (χ1v) is 6.59. The third-order valence-electron chi connectivity index (χ3n) is 3.09. The lowest BCUT2D eigenvalue weighted by Crippen LogP contribution is -2.31. The Morgan fingerprint density at radius 2 is 2.10 bits per heavy atom. The van der Waals surface area contributed by atoms with Gasteiger partial charge in [0.05, 0.1) is 13.2 Å². The molecule has 1 atom stereocenters. The highest BCUT2D eigenvalue weighted by atomic mass is 19.1. The van der Waals surface area contributed by atoms with E-state index in [1.807, 2.05) is 18.9 Å². The number of benzene rings is 1. The van der Waals surface area contributed by atoms with Crippen LogP contribution in [0.4, 0.5) is 4.39 Å². The van der Waals surface area contributed by atoms with E-state index in [2.05, 4.69) is 10.1 Å². The van der Waals surface area contributed by atoms with E-state index >= 15 is 0 Å². The van der Waals surface area contributed by atoms with Gasteiger partial charge in [-0.15, -0.1) is 0 Å². The summed E-state index contributed by atoms with van der Waals surface area (Å²) in [4.78, 5) is 6.10. The van der Waals surface area contributed by atoms with Crippen molar-refractivity contribution in [3.63, 3.8) is 0 Å². The van der Waals surface area contributed by atoms with E-state index in [-0.39, 0.29) is 25.1 Å². The van der Waals surface area contributed by atoms with Gasteiger partial charge in [0.25, 0.3) is 0 Å². The molecule has 0 saturated heterocycles. The standard InChI is InChI=1S/C14H18FN3O3/c1-10(8-19)18(2)7-14-16-13(17-21-14)9-20-12-5-3-11(15)4-6-12/h3-6,10,19H,7-9H2,1-2H3. The zero-order chi connectivity index (χ0) is 15.2. The fraction of sp³-hybridized carbons (Fsp3) is 0.429. The van der Waals surface area contributed by atoms with Gasteiger partial charge in [-0.2, -0.15) is 4.98 Å². The van der Waals surface area contributed by atoms with Gasteiger partial charge in [-0.25, -0.2) is 4.39 Å². The lowest BCUT2D eigenvalue weighted by Gasteiger charge is -2.20. The van der Waals surface area contributed by atoms with E-state index in [0.717, 1.165) is 0 Å². The average molecular weight is 295 g/mol. The average Bonchev–Trinajstić information content (AvgIpc) is 2.93. The van der Waals surface area contributed by atoms with Crippen molar-refractivity contribution >= 4 is 0 Å². The molecule has 0 aliphatic heterocycles. The number of ether oxygens (including phenoxy) is 1. The van der Waals surface area contributed by atoms with Crippen LogP contribution in [-0.2, 0) is 13.2 Å². The minimum Gasteiger partial charge on any atom is -0.485 e. The number of halogens is 1. The molecule has 2 rings (SSSR count). The van der Waals surface area contributed by atoms with Crippen LogP contribution in [0.1, 0.15) is 18.6 Å². The van der Waals surface area contributed by atoms with Crippen LogP contribution in [0.2, 0.25) is 0 Å². The molecule has 0 spiro atoms. The molecule has 0 aliphatic carbocycles. The number of hydrogen-bond acceptors (Lipinski definition) is 6. The minimum atomic E-state index is -0.315. The zero-order valence-corrected chi connectivity index (χ0v) is 12.0. The normalized spacial score (nSPS) is 12.6. The van der Waals surface area contributed by atoms with Gasteiger partial charge < -0.3 is 14.4 Å². The first-order chi connectivity index (χ1) is 10.1. The second-order valence-electron chi connectivity index (χ2n) is 4.79. The number of likely N-dealkylation sites (N-methyl/N-ethyl adjacent to an activating group) is 1. The van der Waals surface area contributed by atoms with Gasteiger partial charge in [0.2, 0.25) is 11.7 Å². The van der Waals surface area contributed by atoms with E-state index in [1.54, 1.807) is 0 Å². The van der Waals surface area contributed by atoms with Gasteiger partial charge in [-0.05, 0) is 38.2 Å². The van der Waals surface area contributed by atoms with Gasteiger partial charge in [-0.1, -0.05) is 5.16 Å². The van der Waals surface area contributed by atoms with Gasteiger partial charge >= 0.3 is 0 Å². The Balaban J connectivity index is 1.86. The van der Waals surface area contributed by atoms with E-state index < -0.39 is 0 Å². The smallest absolute Gasteiger partial charge is 0.240 e. The molecule has 21 heavy (non-hydrogen) atoms. The van der Waals surface area contributed by atoms with E-state index in [0.29, 0.717) is 24.0 Å². The highest BCUT2D eigenvalue weighted by molar-refractivity contribution is 5.22. The maximum absolute atomic E-state index is 12.8. The molecule has 1 heterocycles. The van der Waals surface area contributed by atoms with Gasteiger partial charge in [0.15, 0.2) is 6.61 Å². The highest BCUT2D eigenvalue weighted by Crippen LogP contribution is 2.13. The Morgan fingerprint density at radius 3 is 2.76 bits per heavy atom. The SMILES string of the molecule is CC(CO)N(C)Cc1nc(COc2ccc(F)cc2)no1. The van der Waals surface area contributed by atoms with Crippen molar-refractivity contribution in [2.45, 2.75) is 26.1 Å². The van der Waals surface area contributed by atoms with Crippen molar-refractivity contribution in [1.29, 1.82) is 0 Å². The predicted octanol–water partition coefficient (Wildman–Crippen LogP) is 1.60. The maximum atomic E-state index is 12.8. The molecule has 0 saturated carbocycles. The molecule has 0 aliphatic rings. The summed E-state index contributed by atoms with van der Waals surface area (Å²) >= 11 is 0.